The van der Waals surface area contributed by atoms with Crippen molar-refractivity contribution in [2.75, 3.05) is 0 Å². The van der Waals surface area contributed by atoms with Crippen molar-refractivity contribution in [2.45, 2.75) is 12.8 Å². The lowest BCUT2D eigenvalue weighted by Crippen LogP contribution is -2.51. The molecule has 1 fully saturated rings. The summed E-state index contributed by atoms with van der Waals surface area (Å²) in [7, 11) is -6.00. The van der Waals surface area contributed by atoms with Crippen LogP contribution in [0, 0.1) is 0 Å². The summed E-state index contributed by atoms with van der Waals surface area (Å²) in [5, 5.41) is 5.50. The predicted octanol–water partition coefficient (Wildman–Crippen LogP) is -1.56. The Morgan fingerprint density at radius 2 is 1.56 bits per heavy atom. The van der Waals surface area contributed by atoms with E-state index < -0.39 is 25.1 Å². The third kappa shape index (κ3) is 6.62. The maximum Gasteiger partial charge on any atom is 0.673 e. The van der Waals surface area contributed by atoms with Gasteiger partial charge in [-0.2, -0.15) is 0 Å². The van der Waals surface area contributed by atoms with E-state index in [4.69, 9.17) is 11.1 Å². The predicted molar refractivity (Wildman–Crippen MR) is 43.5 cm³/mol. The van der Waals surface area contributed by atoms with Crippen LogP contribution < -0.4 is 11.1 Å². The average molecular weight is 245 g/mol. The van der Waals surface area contributed by atoms with Gasteiger partial charge >= 0.3 is 13.3 Å². The van der Waals surface area contributed by atoms with Crippen LogP contribution in [-0.2, 0) is 14.4 Å². The number of rotatable bonds is 1. The molecule has 1 saturated heterocycles. The van der Waals surface area contributed by atoms with E-state index in [-0.39, 0.29) is 12.8 Å². The number of imide groups is 1. The maximum atomic E-state index is 10.8. The third-order valence-corrected chi connectivity index (χ3v) is 1.20. The fraction of sp³-hybridized carbons (Fsp3) is 0.400. The normalized spacial score (nSPS) is 15.6. The number of carbonyl (C=O) groups excluding carboxylic acids is 2. The highest BCUT2D eigenvalue weighted by Crippen LogP contribution is 2.10. The number of amides is 2. The Morgan fingerprint density at radius 1 is 1.25 bits per heavy atom. The van der Waals surface area contributed by atoms with Gasteiger partial charge in [-0.1, -0.05) is 5.06 Å². The van der Waals surface area contributed by atoms with E-state index >= 15 is 0 Å². The van der Waals surface area contributed by atoms with Crippen LogP contribution in [0.5, 0.6) is 0 Å². The summed E-state index contributed by atoms with van der Waals surface area (Å²) in [5.41, 5.74) is 4.92. The number of halogens is 4. The summed E-state index contributed by atoms with van der Waals surface area (Å²) >= 11 is 0. The Balaban J connectivity index is 0.000000385. The van der Waals surface area contributed by atoms with Crippen LogP contribution in [0.1, 0.15) is 12.8 Å². The van der Waals surface area contributed by atoms with Crippen molar-refractivity contribution < 1.29 is 37.1 Å². The van der Waals surface area contributed by atoms with Crippen LogP contribution in [0.25, 0.3) is 0 Å². The van der Waals surface area contributed by atoms with Gasteiger partial charge in [-0.25, -0.2) is 0 Å². The van der Waals surface area contributed by atoms with Crippen molar-refractivity contribution in [1.29, 1.82) is 0 Å². The second kappa shape index (κ2) is 5.33. The van der Waals surface area contributed by atoms with Gasteiger partial charge < -0.3 is 17.3 Å². The van der Waals surface area contributed by atoms with Gasteiger partial charge in [0.05, 0.1) is 0 Å². The number of hydrogen-bond acceptors (Lipinski definition) is 3. The first-order chi connectivity index (χ1) is 7.11. The summed E-state index contributed by atoms with van der Waals surface area (Å²) in [5.74, 6) is -0.827. The van der Waals surface area contributed by atoms with Crippen molar-refractivity contribution in [3.8, 4) is 0 Å². The SMILES string of the molecule is F[B-](F)(F)F.NC(=[NH2+])ON1C(=O)CCC1=O. The highest BCUT2D eigenvalue weighted by molar-refractivity contribution is 6.50. The Labute approximate surface area is 86.9 Å². The summed E-state index contributed by atoms with van der Waals surface area (Å²) < 4.78 is 39.0. The second-order valence-electron chi connectivity index (χ2n) is 2.57. The highest BCUT2D eigenvalue weighted by atomic mass is 19.5. The number of amidine groups is 1. The molecule has 0 bridgehead atoms. The van der Waals surface area contributed by atoms with Crippen LogP contribution in [0.3, 0.4) is 0 Å². The Kier molecular flexibility index (Phi) is 4.73. The second-order valence-corrected chi connectivity index (χ2v) is 2.57. The quantitative estimate of drug-likeness (QED) is 0.192. The van der Waals surface area contributed by atoms with Gasteiger partial charge in [-0.15, -0.1) is 0 Å². The van der Waals surface area contributed by atoms with E-state index in [1.807, 2.05) is 0 Å². The van der Waals surface area contributed by atoms with Crippen LogP contribution >= 0.6 is 0 Å². The molecule has 16 heavy (non-hydrogen) atoms. The van der Waals surface area contributed by atoms with Crippen molar-refractivity contribution >= 4 is 25.1 Å². The molecule has 1 heterocycles. The molecule has 6 nitrogen and oxygen atoms in total. The van der Waals surface area contributed by atoms with Gasteiger partial charge in [-0.3, -0.25) is 25.6 Å². The Bertz CT molecular complexity index is 286. The molecule has 0 aromatic carbocycles. The molecule has 0 spiro atoms. The third-order valence-electron chi connectivity index (χ3n) is 1.20. The first-order valence-electron chi connectivity index (χ1n) is 3.90. The van der Waals surface area contributed by atoms with Gasteiger partial charge in [0.15, 0.2) is 0 Å². The van der Waals surface area contributed by atoms with Gasteiger partial charge in [0.2, 0.25) is 0 Å². The van der Waals surface area contributed by atoms with E-state index in [0.717, 1.165) is 0 Å². The van der Waals surface area contributed by atoms with Crippen molar-refractivity contribution in [2.24, 2.45) is 5.73 Å². The van der Waals surface area contributed by atoms with Crippen molar-refractivity contribution in [3.63, 3.8) is 0 Å². The fourth-order valence-corrected chi connectivity index (χ4v) is 0.763. The molecule has 1 aliphatic rings. The molecule has 1 rings (SSSR count). The smallest absolute Gasteiger partial charge is 0.418 e. The topological polar surface area (TPSA) is 98.2 Å². The summed E-state index contributed by atoms with van der Waals surface area (Å²) in [4.78, 5) is 26.0. The number of nitrogens with zero attached hydrogens (tertiary/aromatic N) is 1. The van der Waals surface area contributed by atoms with E-state index in [0.29, 0.717) is 5.06 Å². The van der Waals surface area contributed by atoms with Gasteiger partial charge in [0.25, 0.3) is 11.8 Å². The molecule has 0 radical (unpaired) electrons. The zero-order valence-corrected chi connectivity index (χ0v) is 7.83. The van der Waals surface area contributed by atoms with Crippen LogP contribution in [0.15, 0.2) is 0 Å². The summed E-state index contributed by atoms with van der Waals surface area (Å²) in [6, 6.07) is -0.409. The van der Waals surface area contributed by atoms with Crippen LogP contribution in [0.4, 0.5) is 17.3 Å². The van der Waals surface area contributed by atoms with E-state index in [1.54, 1.807) is 0 Å². The van der Waals surface area contributed by atoms with Gasteiger partial charge in [0.1, 0.15) is 0 Å². The number of nitrogens with two attached hydrogens (primary N) is 2. The Hall–Kier alpha value is -1.81. The van der Waals surface area contributed by atoms with Crippen LogP contribution in [-0.4, -0.2) is 30.2 Å². The molecule has 0 unspecified atom stereocenters. The lowest BCUT2D eigenvalue weighted by molar-refractivity contribution is -0.196. The minimum Gasteiger partial charge on any atom is -0.418 e. The van der Waals surface area contributed by atoms with Crippen molar-refractivity contribution in [3.05, 3.63) is 0 Å². The fourth-order valence-electron chi connectivity index (χ4n) is 0.763. The molecule has 1 aliphatic heterocycles. The minimum absolute atomic E-state index is 0.159. The highest BCUT2D eigenvalue weighted by Gasteiger charge is 2.32. The number of hydrogen-bond donors (Lipinski definition) is 2. The largest absolute Gasteiger partial charge is 0.673 e. The molecule has 2 amide bonds. The zero-order chi connectivity index (χ0) is 12.9. The number of hydroxylamine groups is 2. The number of carbonyl (C=O) groups is 2. The van der Waals surface area contributed by atoms with E-state index in [9.17, 15) is 26.9 Å². The van der Waals surface area contributed by atoms with Crippen LogP contribution in [0.2, 0.25) is 0 Å². The molecule has 0 atom stereocenters. The first-order valence-corrected chi connectivity index (χ1v) is 3.90. The standard InChI is InChI=1S/C5H7N3O3.BF4/c6-5(7)11-8-3(9)1-2-4(8)10;2-1(3,4)5/h1-2H2,(H3,6,7);/q;-1/p+1. The molecule has 0 saturated carbocycles. The molecule has 0 aromatic rings. The zero-order valence-electron chi connectivity index (χ0n) is 7.83. The Morgan fingerprint density at radius 3 is 1.81 bits per heavy atom. The van der Waals surface area contributed by atoms with Gasteiger partial charge in [0, 0.05) is 12.8 Å². The van der Waals surface area contributed by atoms with E-state index in [2.05, 4.69) is 4.84 Å². The van der Waals surface area contributed by atoms with Crippen molar-refractivity contribution in [1.82, 2.24) is 5.06 Å². The first kappa shape index (κ1) is 14.2. The summed E-state index contributed by atoms with van der Waals surface area (Å²) in [6.45, 7) is 0. The molecule has 11 heteroatoms. The molecule has 0 aromatic heterocycles. The van der Waals surface area contributed by atoms with Gasteiger partial charge in [-0.05, 0) is 0 Å². The summed E-state index contributed by atoms with van der Waals surface area (Å²) in [6.07, 6.45) is 0.318. The lowest BCUT2D eigenvalue weighted by Gasteiger charge is -2.08. The molecule has 92 valence electrons. The molecular weight excluding hydrogens is 237 g/mol. The minimum atomic E-state index is -6.00. The molecule has 4 N–H and O–H groups in total. The maximum absolute atomic E-state index is 10.8. The molecule has 0 aliphatic carbocycles. The molecular formula is C5H8BF4N3O3. The van der Waals surface area contributed by atoms with E-state index in [1.165, 1.54) is 0 Å². The monoisotopic (exact) mass is 245 g/mol. The average Bonchev–Trinajstić information content (AvgIpc) is 2.32. The lowest BCUT2D eigenvalue weighted by atomic mass is 10.3.